The number of ether oxygens (including phenoxy) is 4. The maximum atomic E-state index is 11.9. The number of nitrogens with one attached hydrogen (secondary N) is 1. The molecular formula is C31H55N2O6+. The smallest absolute Gasteiger partial charge is 0.447 e. The van der Waals surface area contributed by atoms with Crippen molar-refractivity contribution in [3.05, 3.63) is 30.6 Å². The van der Waals surface area contributed by atoms with Gasteiger partial charge in [0, 0.05) is 25.8 Å². The Bertz CT molecular complexity index is 704. The summed E-state index contributed by atoms with van der Waals surface area (Å²) in [6, 6.07) is 5.72. The zero-order valence-corrected chi connectivity index (χ0v) is 24.7. The van der Waals surface area contributed by atoms with Crippen molar-refractivity contribution in [1.82, 2.24) is 5.32 Å². The quantitative estimate of drug-likeness (QED) is 0.0790. The van der Waals surface area contributed by atoms with Crippen molar-refractivity contribution in [2.24, 2.45) is 0 Å². The van der Waals surface area contributed by atoms with Crippen LogP contribution in [0, 0.1) is 0 Å². The number of pyridine rings is 1. The van der Waals surface area contributed by atoms with Crippen molar-refractivity contribution in [3.8, 4) is 0 Å². The second kappa shape index (κ2) is 25.9. The van der Waals surface area contributed by atoms with E-state index in [1.165, 1.54) is 97.0 Å². The number of hydrogen-bond donors (Lipinski definition) is 1. The van der Waals surface area contributed by atoms with Crippen molar-refractivity contribution in [1.29, 1.82) is 0 Å². The van der Waals surface area contributed by atoms with Crippen molar-refractivity contribution >= 4 is 12.2 Å². The summed E-state index contributed by atoms with van der Waals surface area (Å²) < 4.78 is 22.4. The van der Waals surface area contributed by atoms with Gasteiger partial charge in [-0.3, -0.25) is 0 Å². The lowest BCUT2D eigenvalue weighted by Gasteiger charge is -2.15. The highest BCUT2D eigenvalue weighted by atomic mass is 16.7. The average Bonchev–Trinajstić information content (AvgIpc) is 2.95. The monoisotopic (exact) mass is 551 g/mol. The SMILES string of the molecule is CCCCCCCCCCCCCCCCCCNC(=O)OC[C@@H](COC(=O)OCC[n+]1ccccc1)OC. The maximum absolute atomic E-state index is 11.9. The Hall–Kier alpha value is -2.35. The Morgan fingerprint density at radius 1 is 0.692 bits per heavy atom. The van der Waals surface area contributed by atoms with Gasteiger partial charge in [-0.25, -0.2) is 14.2 Å². The van der Waals surface area contributed by atoms with E-state index in [-0.39, 0.29) is 19.8 Å². The summed E-state index contributed by atoms with van der Waals surface area (Å²) in [7, 11) is 1.48. The lowest BCUT2D eigenvalue weighted by Crippen LogP contribution is -2.35. The second-order valence-corrected chi connectivity index (χ2v) is 10.2. The fourth-order valence-electron chi connectivity index (χ4n) is 4.29. The molecule has 0 aliphatic carbocycles. The van der Waals surface area contributed by atoms with Gasteiger partial charge in [-0.15, -0.1) is 0 Å². The molecule has 39 heavy (non-hydrogen) atoms. The van der Waals surface area contributed by atoms with Gasteiger partial charge in [-0.1, -0.05) is 109 Å². The van der Waals surface area contributed by atoms with Crippen LogP contribution in [0.4, 0.5) is 9.59 Å². The first-order valence-electron chi connectivity index (χ1n) is 15.3. The van der Waals surface area contributed by atoms with Crippen LogP contribution < -0.4 is 9.88 Å². The summed E-state index contributed by atoms with van der Waals surface area (Å²) in [4.78, 5) is 23.7. The van der Waals surface area contributed by atoms with Crippen LogP contribution in [0.2, 0.25) is 0 Å². The van der Waals surface area contributed by atoms with Crippen LogP contribution in [0.5, 0.6) is 0 Å². The molecule has 0 aliphatic heterocycles. The van der Waals surface area contributed by atoms with Gasteiger partial charge in [0.15, 0.2) is 25.5 Å². The Morgan fingerprint density at radius 3 is 1.74 bits per heavy atom. The molecule has 8 heteroatoms. The summed E-state index contributed by atoms with van der Waals surface area (Å²) in [6.07, 6.45) is 23.1. The van der Waals surface area contributed by atoms with Gasteiger partial charge in [-0.05, 0) is 6.42 Å². The minimum absolute atomic E-state index is 0.00552. The molecule has 0 aliphatic rings. The van der Waals surface area contributed by atoms with Crippen LogP contribution in [0.15, 0.2) is 30.6 Å². The molecule has 1 aromatic rings. The van der Waals surface area contributed by atoms with Crippen LogP contribution in [0.25, 0.3) is 0 Å². The number of carbonyl (C=O) groups is 2. The van der Waals surface area contributed by atoms with Crippen molar-refractivity contribution < 1.29 is 33.1 Å². The Kier molecular flexibility index (Phi) is 23.0. The van der Waals surface area contributed by atoms with Crippen LogP contribution in [-0.4, -0.2) is 51.8 Å². The van der Waals surface area contributed by atoms with Gasteiger partial charge < -0.3 is 24.3 Å². The number of alkyl carbamates (subject to hydrolysis) is 1. The molecule has 0 bridgehead atoms. The molecule has 8 nitrogen and oxygen atoms in total. The van der Waals surface area contributed by atoms with Crippen molar-refractivity contribution in [2.75, 3.05) is 33.5 Å². The van der Waals surface area contributed by atoms with Crippen LogP contribution in [-0.2, 0) is 25.5 Å². The molecule has 0 saturated carbocycles. The molecule has 0 saturated heterocycles. The van der Waals surface area contributed by atoms with Crippen LogP contribution >= 0.6 is 0 Å². The highest BCUT2D eigenvalue weighted by Crippen LogP contribution is 2.13. The van der Waals surface area contributed by atoms with E-state index in [0.717, 1.165) is 12.8 Å². The van der Waals surface area contributed by atoms with E-state index in [2.05, 4.69) is 12.2 Å². The van der Waals surface area contributed by atoms with Gasteiger partial charge in [0.2, 0.25) is 0 Å². The summed E-state index contributed by atoms with van der Waals surface area (Å²) >= 11 is 0. The van der Waals surface area contributed by atoms with Gasteiger partial charge in [0.1, 0.15) is 19.3 Å². The first-order valence-corrected chi connectivity index (χ1v) is 15.3. The number of hydrogen-bond acceptors (Lipinski definition) is 6. The molecule has 0 aromatic carbocycles. The molecular weight excluding hydrogens is 496 g/mol. The third kappa shape index (κ3) is 22.2. The highest BCUT2D eigenvalue weighted by Gasteiger charge is 2.15. The fourth-order valence-corrected chi connectivity index (χ4v) is 4.29. The Morgan fingerprint density at radius 2 is 1.21 bits per heavy atom. The van der Waals surface area contributed by atoms with Gasteiger partial charge in [0.05, 0.1) is 0 Å². The number of amides is 1. The third-order valence-electron chi connectivity index (χ3n) is 6.77. The van der Waals surface area contributed by atoms with Gasteiger partial charge in [-0.2, -0.15) is 0 Å². The maximum Gasteiger partial charge on any atom is 0.508 e. The highest BCUT2D eigenvalue weighted by molar-refractivity contribution is 5.67. The molecule has 0 radical (unpaired) electrons. The molecule has 1 rings (SSSR count). The van der Waals surface area contributed by atoms with Gasteiger partial charge >= 0.3 is 12.2 Å². The minimum atomic E-state index is -0.776. The molecule has 1 heterocycles. The number of aromatic nitrogens is 1. The van der Waals surface area contributed by atoms with Crippen molar-refractivity contribution in [2.45, 2.75) is 122 Å². The van der Waals surface area contributed by atoms with E-state index in [4.69, 9.17) is 18.9 Å². The topological polar surface area (TPSA) is 87.0 Å². The van der Waals surface area contributed by atoms with Crippen LogP contribution in [0.3, 0.4) is 0 Å². The summed E-state index contributed by atoms with van der Waals surface area (Å²) in [5.74, 6) is 0. The summed E-state index contributed by atoms with van der Waals surface area (Å²) in [5.41, 5.74) is 0. The molecule has 0 fully saturated rings. The zero-order valence-electron chi connectivity index (χ0n) is 24.7. The van der Waals surface area contributed by atoms with E-state index < -0.39 is 18.4 Å². The molecule has 0 unspecified atom stereocenters. The molecule has 1 atom stereocenters. The molecule has 1 N–H and O–H groups in total. The van der Waals surface area contributed by atoms with Gasteiger partial charge in [0.25, 0.3) is 0 Å². The molecule has 224 valence electrons. The average molecular weight is 552 g/mol. The van der Waals surface area contributed by atoms with E-state index in [0.29, 0.717) is 13.1 Å². The van der Waals surface area contributed by atoms with Crippen LogP contribution in [0.1, 0.15) is 110 Å². The summed E-state index contributed by atoms with van der Waals surface area (Å²) in [6.45, 7) is 3.54. The predicted molar refractivity (Wildman–Crippen MR) is 154 cm³/mol. The fraction of sp³-hybridized carbons (Fsp3) is 0.774. The number of rotatable bonds is 25. The minimum Gasteiger partial charge on any atom is -0.447 e. The van der Waals surface area contributed by atoms with E-state index in [1.54, 1.807) is 0 Å². The number of unbranched alkanes of at least 4 members (excludes halogenated alkanes) is 15. The number of carbonyl (C=O) groups excluding carboxylic acids is 2. The Labute approximate surface area is 237 Å². The standard InChI is InChI=1S/C31H54N2O6/c1-3-4-5-6-7-8-9-10-11-12-13-14-15-16-17-19-22-32-30(34)38-27-29(36-2)28-39-31(35)37-26-25-33-23-20-18-21-24-33/h18,20-21,23-24,29H,3-17,19,22,25-28H2,1-2H3/p+1/t29-/m0/s1. The zero-order chi connectivity index (χ0) is 28.2. The van der Waals surface area contributed by atoms with E-state index in [1.807, 2.05) is 35.2 Å². The normalized spacial score (nSPS) is 11.6. The number of nitrogens with zero attached hydrogens (tertiary/aromatic N) is 1. The molecule has 1 amide bonds. The molecule has 1 aromatic heterocycles. The lowest BCUT2D eigenvalue weighted by molar-refractivity contribution is -0.698. The summed E-state index contributed by atoms with van der Waals surface area (Å²) in [5, 5.41) is 2.77. The first kappa shape index (κ1) is 34.7. The number of methoxy groups -OCH3 is 1. The van der Waals surface area contributed by atoms with Crippen molar-refractivity contribution in [3.63, 3.8) is 0 Å². The Balaban J connectivity index is 1.88. The first-order chi connectivity index (χ1) is 19.2. The predicted octanol–water partition coefficient (Wildman–Crippen LogP) is 7.13. The largest absolute Gasteiger partial charge is 0.508 e. The second-order valence-electron chi connectivity index (χ2n) is 10.2. The van der Waals surface area contributed by atoms with E-state index >= 15 is 0 Å². The van der Waals surface area contributed by atoms with E-state index in [9.17, 15) is 9.59 Å². The molecule has 0 spiro atoms. The lowest BCUT2D eigenvalue weighted by atomic mass is 10.0. The third-order valence-corrected chi connectivity index (χ3v) is 6.77.